The lowest BCUT2D eigenvalue weighted by atomic mass is 9.46. The summed E-state index contributed by atoms with van der Waals surface area (Å²) in [6.07, 6.45) is 9.08. The van der Waals surface area contributed by atoms with Crippen LogP contribution in [0.2, 0.25) is 0 Å². The van der Waals surface area contributed by atoms with Crippen molar-refractivity contribution in [1.82, 2.24) is 0 Å². The Bertz CT molecular complexity index is 723. The molecule has 5 nitrogen and oxygen atoms in total. The van der Waals surface area contributed by atoms with Crippen LogP contribution in [-0.4, -0.2) is 29.4 Å². The number of carbonyl (C=O) groups excluding carboxylic acids is 2. The minimum Gasteiger partial charge on any atom is -0.395 e. The van der Waals surface area contributed by atoms with E-state index >= 15 is 0 Å². The smallest absolute Gasteiger partial charge is 0.238 e. The molecule has 5 heteroatoms. The van der Waals surface area contributed by atoms with Crippen molar-refractivity contribution in [1.29, 1.82) is 0 Å². The Balaban J connectivity index is 1.46. The fraction of sp³-hybridized carbons (Fsp3) is 0.810. The molecule has 0 aromatic carbocycles. The number of nitrogens with zero attached hydrogens (tertiary/aromatic N) is 2. The van der Waals surface area contributed by atoms with Crippen LogP contribution in [0.4, 0.5) is 0 Å². The van der Waals surface area contributed by atoms with E-state index in [0.717, 1.165) is 44.9 Å². The first-order valence-corrected chi connectivity index (χ1v) is 10.3. The van der Waals surface area contributed by atoms with Crippen molar-refractivity contribution in [3.8, 4) is 0 Å². The van der Waals surface area contributed by atoms with E-state index in [-0.39, 0.29) is 41.1 Å². The van der Waals surface area contributed by atoms with E-state index in [1.165, 1.54) is 5.57 Å². The number of ketones is 2. The summed E-state index contributed by atoms with van der Waals surface area (Å²) in [4.78, 5) is 24.7. The largest absolute Gasteiger partial charge is 0.395 e. The van der Waals surface area contributed by atoms with E-state index in [2.05, 4.69) is 17.2 Å². The maximum absolute atomic E-state index is 12.7. The number of rotatable bonds is 3. The molecule has 3 saturated carbocycles. The Morgan fingerprint density at radius 1 is 1.15 bits per heavy atom. The molecular formula is C21H28N2O3. The van der Waals surface area contributed by atoms with Gasteiger partial charge >= 0.3 is 0 Å². The number of Topliss-reactive ketones (excluding diaryl/α,β-unsaturated/α-hetero) is 1. The van der Waals surface area contributed by atoms with Crippen LogP contribution in [0.1, 0.15) is 58.3 Å². The maximum Gasteiger partial charge on any atom is 0.238 e. The van der Waals surface area contributed by atoms with Gasteiger partial charge in [-0.2, -0.15) is 10.2 Å². The molecule has 1 heterocycles. The van der Waals surface area contributed by atoms with E-state index in [0.29, 0.717) is 24.2 Å². The topological polar surface area (TPSA) is 79.1 Å². The molecule has 0 saturated heterocycles. The summed E-state index contributed by atoms with van der Waals surface area (Å²) >= 11 is 0. The predicted octanol–water partition coefficient (Wildman–Crippen LogP) is 3.47. The van der Waals surface area contributed by atoms with Gasteiger partial charge in [0.25, 0.3) is 0 Å². The average Bonchev–Trinajstić information content (AvgIpc) is 3.42. The zero-order valence-electron chi connectivity index (χ0n) is 15.5. The molecule has 0 spiro atoms. The van der Waals surface area contributed by atoms with Crippen molar-refractivity contribution in [3.63, 3.8) is 0 Å². The highest BCUT2D eigenvalue weighted by atomic mass is 16.3. The SMILES string of the molecule is CC12CCC3C(CCC4=CC(=O)CCC43CO)C1CCC2C(=O)C1N=N1. The van der Waals surface area contributed by atoms with E-state index in [1.807, 2.05) is 6.08 Å². The minimum atomic E-state index is -0.373. The predicted molar refractivity (Wildman–Crippen MR) is 95.3 cm³/mol. The highest BCUT2D eigenvalue weighted by molar-refractivity contribution is 5.91. The molecule has 5 rings (SSSR count). The van der Waals surface area contributed by atoms with Gasteiger partial charge < -0.3 is 5.11 Å². The number of aliphatic hydroxyl groups excluding tert-OH is 1. The van der Waals surface area contributed by atoms with Crippen LogP contribution in [0, 0.1) is 34.5 Å². The number of aliphatic hydroxyl groups is 1. The summed E-state index contributed by atoms with van der Waals surface area (Å²) in [6, 6.07) is 0. The molecule has 4 aliphatic carbocycles. The van der Waals surface area contributed by atoms with Gasteiger partial charge in [-0.05, 0) is 74.2 Å². The zero-order chi connectivity index (χ0) is 18.1. The molecule has 3 fully saturated rings. The van der Waals surface area contributed by atoms with Crippen molar-refractivity contribution in [2.75, 3.05) is 6.61 Å². The van der Waals surface area contributed by atoms with Crippen molar-refractivity contribution >= 4 is 11.6 Å². The van der Waals surface area contributed by atoms with Crippen LogP contribution in [0.25, 0.3) is 0 Å². The first kappa shape index (κ1) is 16.8. The zero-order valence-corrected chi connectivity index (χ0v) is 15.5. The summed E-state index contributed by atoms with van der Waals surface area (Å²) in [7, 11) is 0. The minimum absolute atomic E-state index is 0.0637. The summed E-state index contributed by atoms with van der Waals surface area (Å²) in [5.41, 5.74) is 1.10. The molecule has 1 aliphatic heterocycles. The fourth-order valence-electron chi connectivity index (χ4n) is 7.45. The lowest BCUT2D eigenvalue weighted by Gasteiger charge is -2.58. The van der Waals surface area contributed by atoms with Crippen LogP contribution < -0.4 is 0 Å². The molecule has 6 unspecified atom stereocenters. The molecule has 1 N–H and O–H groups in total. The third kappa shape index (κ3) is 2.12. The highest BCUT2D eigenvalue weighted by Gasteiger charge is 2.61. The number of hydrogen-bond acceptors (Lipinski definition) is 5. The lowest BCUT2D eigenvalue weighted by Crippen LogP contribution is -2.53. The second-order valence-corrected chi connectivity index (χ2v) is 9.55. The molecule has 0 amide bonds. The number of fused-ring (bicyclic) bond motifs is 5. The van der Waals surface area contributed by atoms with Crippen molar-refractivity contribution in [2.45, 2.75) is 64.5 Å². The summed E-state index contributed by atoms with van der Waals surface area (Å²) in [5, 5.41) is 18.2. The molecule has 26 heavy (non-hydrogen) atoms. The van der Waals surface area contributed by atoms with Gasteiger partial charge in [-0.15, -0.1) is 0 Å². The normalized spacial score (nSPS) is 47.0. The fourth-order valence-corrected chi connectivity index (χ4v) is 7.45. The molecule has 0 bridgehead atoms. The third-order valence-corrected chi connectivity index (χ3v) is 8.80. The lowest BCUT2D eigenvalue weighted by molar-refractivity contribution is -0.131. The van der Waals surface area contributed by atoms with Gasteiger partial charge in [0.15, 0.2) is 11.6 Å². The van der Waals surface area contributed by atoms with Crippen molar-refractivity contribution in [3.05, 3.63) is 11.6 Å². The van der Waals surface area contributed by atoms with Crippen molar-refractivity contribution < 1.29 is 14.7 Å². The Morgan fingerprint density at radius 2 is 1.96 bits per heavy atom. The van der Waals surface area contributed by atoms with E-state index in [9.17, 15) is 14.7 Å². The van der Waals surface area contributed by atoms with Crippen molar-refractivity contribution in [2.24, 2.45) is 44.7 Å². The third-order valence-electron chi connectivity index (χ3n) is 8.80. The van der Waals surface area contributed by atoms with Crippen LogP contribution in [0.3, 0.4) is 0 Å². The first-order valence-electron chi connectivity index (χ1n) is 10.3. The summed E-state index contributed by atoms with van der Waals surface area (Å²) < 4.78 is 0. The van der Waals surface area contributed by atoms with Crippen LogP contribution >= 0.6 is 0 Å². The summed E-state index contributed by atoms with van der Waals surface area (Å²) in [6.45, 7) is 2.49. The average molecular weight is 356 g/mol. The van der Waals surface area contributed by atoms with Crippen LogP contribution in [0.5, 0.6) is 0 Å². The van der Waals surface area contributed by atoms with Gasteiger partial charge in [0.1, 0.15) is 0 Å². The standard InChI is InChI=1S/C21H28N2O3/c1-20-8-7-16-14(15(20)4-5-17(20)18(26)19-22-23-19)3-2-12-10-13(25)6-9-21(12,16)11-24/h10,14-17,19,24H,2-9,11H2,1H3. The molecule has 6 atom stereocenters. The Morgan fingerprint density at radius 3 is 2.69 bits per heavy atom. The van der Waals surface area contributed by atoms with Gasteiger partial charge in [0, 0.05) is 17.8 Å². The highest BCUT2D eigenvalue weighted by Crippen LogP contribution is 2.66. The number of carbonyl (C=O) groups is 2. The number of hydrogen-bond donors (Lipinski definition) is 1. The second kappa shape index (κ2) is 5.57. The van der Waals surface area contributed by atoms with Gasteiger partial charge in [0.2, 0.25) is 6.17 Å². The molecule has 0 aromatic heterocycles. The van der Waals surface area contributed by atoms with E-state index < -0.39 is 0 Å². The van der Waals surface area contributed by atoms with Crippen LogP contribution in [-0.2, 0) is 9.59 Å². The Kier molecular flexibility index (Phi) is 3.60. The molecule has 0 radical (unpaired) electrons. The van der Waals surface area contributed by atoms with Crippen LogP contribution in [0.15, 0.2) is 21.9 Å². The monoisotopic (exact) mass is 356 g/mol. The van der Waals surface area contributed by atoms with E-state index in [1.54, 1.807) is 0 Å². The van der Waals surface area contributed by atoms with Gasteiger partial charge in [-0.1, -0.05) is 12.5 Å². The maximum atomic E-state index is 12.7. The second-order valence-electron chi connectivity index (χ2n) is 9.55. The summed E-state index contributed by atoms with van der Waals surface area (Å²) in [5.74, 6) is 2.15. The first-order chi connectivity index (χ1) is 12.5. The Hall–Kier alpha value is -1.36. The molecular weight excluding hydrogens is 328 g/mol. The van der Waals surface area contributed by atoms with E-state index in [4.69, 9.17) is 0 Å². The molecule has 140 valence electrons. The molecule has 5 aliphatic rings. The molecule has 0 aromatic rings. The van der Waals surface area contributed by atoms with Gasteiger partial charge in [-0.3, -0.25) is 9.59 Å². The van der Waals surface area contributed by atoms with Gasteiger partial charge in [0.05, 0.1) is 6.61 Å². The quantitative estimate of drug-likeness (QED) is 0.841. The van der Waals surface area contributed by atoms with Gasteiger partial charge in [-0.25, -0.2) is 0 Å². The Labute approximate surface area is 154 Å².